The van der Waals surface area contributed by atoms with Gasteiger partial charge in [0.15, 0.2) is 0 Å². The Labute approximate surface area is 86.7 Å². The van der Waals surface area contributed by atoms with E-state index >= 15 is 0 Å². The van der Waals surface area contributed by atoms with Crippen molar-refractivity contribution >= 4 is 28.6 Å². The molecule has 0 spiro atoms. The van der Waals surface area contributed by atoms with Gasteiger partial charge in [0.25, 0.3) is 0 Å². The molecule has 0 saturated heterocycles. The summed E-state index contributed by atoms with van der Waals surface area (Å²) in [6, 6.07) is 5.92. The van der Waals surface area contributed by atoms with Crippen molar-refractivity contribution in [2.45, 2.75) is 12.2 Å². The minimum atomic E-state index is 0.192. The smallest absolute Gasteiger partial charge is 0.123 e. The number of ether oxygens (including phenoxy) is 1. The van der Waals surface area contributed by atoms with Crippen LogP contribution in [0.25, 0.3) is 0 Å². The van der Waals surface area contributed by atoms with Gasteiger partial charge in [-0.3, -0.25) is 0 Å². The first-order valence-electron chi connectivity index (χ1n) is 3.66. The summed E-state index contributed by atoms with van der Waals surface area (Å²) in [5, 5.41) is 0.192. The molecule has 1 aromatic rings. The second-order valence-electron chi connectivity index (χ2n) is 2.56. The topological polar surface area (TPSA) is 9.23 Å². The van der Waals surface area contributed by atoms with Gasteiger partial charge in [0, 0.05) is 15.3 Å². The van der Waals surface area contributed by atoms with Crippen LogP contribution in [0.3, 0.4) is 0 Å². The molecule has 0 heterocycles. The molecule has 12 heavy (non-hydrogen) atoms. The lowest BCUT2D eigenvalue weighted by atomic mass is 10.1. The molecule has 0 aliphatic heterocycles. The Morgan fingerprint density at radius 2 is 2.17 bits per heavy atom. The lowest BCUT2D eigenvalue weighted by Crippen LogP contribution is -1.92. The highest BCUT2D eigenvalue weighted by Gasteiger charge is 2.07. The van der Waals surface area contributed by atoms with Gasteiger partial charge >= 0.3 is 0 Å². The predicted octanol–water partition coefficient (Wildman–Crippen LogP) is 3.45. The summed E-state index contributed by atoms with van der Waals surface area (Å²) in [7, 11) is 1.67. The van der Waals surface area contributed by atoms with Gasteiger partial charge < -0.3 is 4.74 Å². The van der Waals surface area contributed by atoms with Gasteiger partial charge in [0.05, 0.1) is 7.11 Å². The van der Waals surface area contributed by atoms with Crippen molar-refractivity contribution in [1.29, 1.82) is 0 Å². The van der Waals surface area contributed by atoms with Crippen LogP contribution in [-0.2, 0) is 0 Å². The molecule has 0 amide bonds. The van der Waals surface area contributed by atoms with Crippen molar-refractivity contribution in [3.63, 3.8) is 0 Å². The Balaban J connectivity index is 3.12. The fourth-order valence-electron chi connectivity index (χ4n) is 1.03. The van der Waals surface area contributed by atoms with E-state index in [0.29, 0.717) is 0 Å². The molecule has 0 fully saturated rings. The van der Waals surface area contributed by atoms with Gasteiger partial charge in [-0.2, -0.15) is 12.6 Å². The molecule has 0 aromatic heterocycles. The Morgan fingerprint density at radius 1 is 1.50 bits per heavy atom. The monoisotopic (exact) mass is 246 g/mol. The lowest BCUT2D eigenvalue weighted by Gasteiger charge is -2.10. The van der Waals surface area contributed by atoms with Crippen molar-refractivity contribution in [3.8, 4) is 5.75 Å². The molecule has 1 atom stereocenters. The molecule has 1 nitrogen and oxygen atoms in total. The lowest BCUT2D eigenvalue weighted by molar-refractivity contribution is 0.410. The van der Waals surface area contributed by atoms with Gasteiger partial charge in [-0.15, -0.1) is 0 Å². The summed E-state index contributed by atoms with van der Waals surface area (Å²) in [4.78, 5) is 0. The predicted molar refractivity (Wildman–Crippen MR) is 58.1 cm³/mol. The molecule has 0 aliphatic carbocycles. The molecule has 3 heteroatoms. The molecule has 0 aliphatic rings. The van der Waals surface area contributed by atoms with Crippen molar-refractivity contribution in [3.05, 3.63) is 28.2 Å². The number of methoxy groups -OCH3 is 1. The molecular formula is C9H11BrOS. The fraction of sp³-hybridized carbons (Fsp3) is 0.333. The zero-order valence-electron chi connectivity index (χ0n) is 7.04. The molecule has 1 unspecified atom stereocenters. The van der Waals surface area contributed by atoms with E-state index in [9.17, 15) is 0 Å². The van der Waals surface area contributed by atoms with E-state index in [4.69, 9.17) is 4.74 Å². The quantitative estimate of drug-likeness (QED) is 0.787. The molecule has 0 N–H and O–H groups in total. The van der Waals surface area contributed by atoms with Gasteiger partial charge in [-0.05, 0) is 25.1 Å². The third-order valence-electron chi connectivity index (χ3n) is 1.64. The highest BCUT2D eigenvalue weighted by atomic mass is 79.9. The summed E-state index contributed by atoms with van der Waals surface area (Å²) >= 11 is 7.76. The minimum absolute atomic E-state index is 0.192. The number of hydrogen-bond donors (Lipinski definition) is 1. The van der Waals surface area contributed by atoms with Crippen LogP contribution in [0.15, 0.2) is 22.7 Å². The third-order valence-corrected chi connectivity index (χ3v) is 2.41. The number of rotatable bonds is 2. The second-order valence-corrected chi connectivity index (χ2v) is 4.25. The molecular weight excluding hydrogens is 236 g/mol. The molecule has 1 aromatic carbocycles. The van der Waals surface area contributed by atoms with Crippen molar-refractivity contribution in [2.75, 3.05) is 7.11 Å². The molecule has 1 rings (SSSR count). The standard InChI is InChI=1S/C9H11BrOS/c1-6(12)8-5-7(10)3-4-9(8)11-2/h3-6,12H,1-2H3. The van der Waals surface area contributed by atoms with Crippen LogP contribution in [0.5, 0.6) is 5.75 Å². The normalized spacial score (nSPS) is 12.7. The number of thiol groups is 1. The maximum absolute atomic E-state index is 5.19. The molecule has 0 saturated carbocycles. The summed E-state index contributed by atoms with van der Waals surface area (Å²) in [5.41, 5.74) is 1.11. The van der Waals surface area contributed by atoms with Crippen molar-refractivity contribution < 1.29 is 4.74 Å². The maximum atomic E-state index is 5.19. The zero-order chi connectivity index (χ0) is 9.14. The SMILES string of the molecule is COc1ccc(Br)cc1C(C)S. The van der Waals surface area contributed by atoms with Crippen LogP contribution in [0.4, 0.5) is 0 Å². The second kappa shape index (κ2) is 4.19. The molecule has 0 radical (unpaired) electrons. The van der Waals surface area contributed by atoms with Crippen LogP contribution in [-0.4, -0.2) is 7.11 Å². The Hall–Kier alpha value is -0.150. The minimum Gasteiger partial charge on any atom is -0.496 e. The number of hydrogen-bond acceptors (Lipinski definition) is 2. The first-order valence-corrected chi connectivity index (χ1v) is 4.97. The molecule has 66 valence electrons. The van der Waals surface area contributed by atoms with Gasteiger partial charge in [0.1, 0.15) is 5.75 Å². The summed E-state index contributed by atoms with van der Waals surface area (Å²) < 4.78 is 6.25. The van der Waals surface area contributed by atoms with Gasteiger partial charge in [-0.1, -0.05) is 15.9 Å². The van der Waals surface area contributed by atoms with Crippen molar-refractivity contribution in [1.82, 2.24) is 0 Å². The summed E-state index contributed by atoms with van der Waals surface area (Å²) in [6.45, 7) is 2.02. The first kappa shape index (κ1) is 9.93. The number of halogens is 1. The Kier molecular flexibility index (Phi) is 3.47. The van der Waals surface area contributed by atoms with Crippen LogP contribution in [0, 0.1) is 0 Å². The van der Waals surface area contributed by atoms with Gasteiger partial charge in [-0.25, -0.2) is 0 Å². The average Bonchev–Trinajstić information content (AvgIpc) is 2.04. The van der Waals surface area contributed by atoms with E-state index < -0.39 is 0 Å². The van der Waals surface area contributed by atoms with E-state index in [2.05, 4.69) is 28.6 Å². The van der Waals surface area contributed by atoms with E-state index in [0.717, 1.165) is 15.8 Å². The molecule has 0 bridgehead atoms. The highest BCUT2D eigenvalue weighted by Crippen LogP contribution is 2.31. The number of benzene rings is 1. The summed E-state index contributed by atoms with van der Waals surface area (Å²) in [6.07, 6.45) is 0. The maximum Gasteiger partial charge on any atom is 0.123 e. The van der Waals surface area contributed by atoms with Crippen LogP contribution < -0.4 is 4.74 Å². The third kappa shape index (κ3) is 2.17. The Bertz CT molecular complexity index is 273. The van der Waals surface area contributed by atoms with E-state index in [1.54, 1.807) is 7.11 Å². The van der Waals surface area contributed by atoms with Crippen LogP contribution in [0.1, 0.15) is 17.7 Å². The van der Waals surface area contributed by atoms with Crippen LogP contribution in [0.2, 0.25) is 0 Å². The van der Waals surface area contributed by atoms with Crippen LogP contribution >= 0.6 is 28.6 Å². The van der Waals surface area contributed by atoms with E-state index in [1.807, 2.05) is 25.1 Å². The largest absolute Gasteiger partial charge is 0.496 e. The Morgan fingerprint density at radius 3 is 2.67 bits per heavy atom. The fourth-order valence-corrected chi connectivity index (χ4v) is 1.61. The van der Waals surface area contributed by atoms with E-state index in [-0.39, 0.29) is 5.25 Å². The van der Waals surface area contributed by atoms with E-state index in [1.165, 1.54) is 0 Å². The summed E-state index contributed by atoms with van der Waals surface area (Å²) in [5.74, 6) is 0.890. The highest BCUT2D eigenvalue weighted by molar-refractivity contribution is 9.10. The first-order chi connectivity index (χ1) is 5.65. The average molecular weight is 247 g/mol. The van der Waals surface area contributed by atoms with Crippen molar-refractivity contribution in [2.24, 2.45) is 0 Å². The van der Waals surface area contributed by atoms with Gasteiger partial charge in [0.2, 0.25) is 0 Å². The zero-order valence-corrected chi connectivity index (χ0v) is 9.52.